The molecule has 1 aliphatic heterocycles. The van der Waals surface area contributed by atoms with Gasteiger partial charge in [-0.25, -0.2) is 18.2 Å². The van der Waals surface area contributed by atoms with Gasteiger partial charge >= 0.3 is 5.97 Å². The summed E-state index contributed by atoms with van der Waals surface area (Å²) < 4.78 is 37.7. The summed E-state index contributed by atoms with van der Waals surface area (Å²) in [4.78, 5) is 16.2. The van der Waals surface area contributed by atoms with Crippen molar-refractivity contribution >= 4 is 16.0 Å². The number of sulfonamides is 1. The zero-order valence-corrected chi connectivity index (χ0v) is 15.9. The van der Waals surface area contributed by atoms with Crippen LogP contribution in [0.3, 0.4) is 0 Å². The zero-order chi connectivity index (χ0) is 18.9. The van der Waals surface area contributed by atoms with Crippen LogP contribution in [0.25, 0.3) is 11.5 Å². The lowest BCUT2D eigenvalue weighted by atomic mass is 10.0. The van der Waals surface area contributed by atoms with Crippen molar-refractivity contribution in [3.63, 3.8) is 0 Å². The molecule has 7 nitrogen and oxygen atoms in total. The lowest BCUT2D eigenvalue weighted by Crippen LogP contribution is -2.38. The minimum atomic E-state index is -3.96. The number of methoxy groups -OCH3 is 1. The molecule has 1 saturated heterocycles. The monoisotopic (exact) mass is 378 g/mol. The summed E-state index contributed by atoms with van der Waals surface area (Å²) in [6.45, 7) is 4.82. The maximum atomic E-state index is 13.0. The topological polar surface area (TPSA) is 89.7 Å². The van der Waals surface area contributed by atoms with E-state index in [1.807, 2.05) is 19.1 Å². The third kappa shape index (κ3) is 3.52. The van der Waals surface area contributed by atoms with E-state index in [0.717, 1.165) is 18.4 Å². The van der Waals surface area contributed by atoms with Crippen molar-refractivity contribution in [2.75, 3.05) is 20.2 Å². The molecule has 3 rings (SSSR count). The van der Waals surface area contributed by atoms with E-state index in [-0.39, 0.29) is 11.6 Å². The molecule has 0 atom stereocenters. The summed E-state index contributed by atoms with van der Waals surface area (Å²) in [7, 11) is -2.78. The van der Waals surface area contributed by atoms with Gasteiger partial charge in [-0.05, 0) is 37.8 Å². The van der Waals surface area contributed by atoms with Crippen LogP contribution in [0.15, 0.2) is 33.8 Å². The fourth-order valence-corrected chi connectivity index (χ4v) is 4.35. The molecule has 0 unspecified atom stereocenters. The van der Waals surface area contributed by atoms with Crippen molar-refractivity contribution in [2.45, 2.75) is 31.8 Å². The van der Waals surface area contributed by atoms with Gasteiger partial charge in [0.1, 0.15) is 0 Å². The number of ether oxygens (including phenoxy) is 1. The van der Waals surface area contributed by atoms with Gasteiger partial charge in [0.2, 0.25) is 11.6 Å². The van der Waals surface area contributed by atoms with E-state index in [2.05, 4.69) is 11.9 Å². The highest BCUT2D eigenvalue weighted by atomic mass is 32.2. The molecule has 0 aliphatic carbocycles. The minimum absolute atomic E-state index is 0.0781. The number of oxazole rings is 1. The number of rotatable bonds is 4. The fraction of sp³-hybridized carbons (Fsp3) is 0.444. The Morgan fingerprint density at radius 2 is 1.85 bits per heavy atom. The largest absolute Gasteiger partial charge is 0.464 e. The highest BCUT2D eigenvalue weighted by molar-refractivity contribution is 7.89. The first-order valence-corrected chi connectivity index (χ1v) is 9.93. The summed E-state index contributed by atoms with van der Waals surface area (Å²) in [5, 5.41) is -0.450. The molecule has 0 saturated carbocycles. The number of carbonyl (C=O) groups is 1. The maximum Gasteiger partial charge on any atom is 0.361 e. The lowest BCUT2D eigenvalue weighted by molar-refractivity contribution is 0.0587. The predicted molar refractivity (Wildman–Crippen MR) is 95.2 cm³/mol. The molecule has 140 valence electrons. The Bertz CT molecular complexity index is 894. The average Bonchev–Trinajstić information content (AvgIpc) is 3.08. The van der Waals surface area contributed by atoms with Crippen molar-refractivity contribution in [3.8, 4) is 11.5 Å². The number of piperidine rings is 1. The summed E-state index contributed by atoms with van der Waals surface area (Å²) in [5.41, 5.74) is 1.32. The van der Waals surface area contributed by atoms with E-state index < -0.39 is 21.1 Å². The predicted octanol–water partition coefficient (Wildman–Crippen LogP) is 2.86. The first kappa shape index (κ1) is 18.6. The molecule has 0 N–H and O–H groups in total. The second-order valence-electron chi connectivity index (χ2n) is 6.60. The van der Waals surface area contributed by atoms with Crippen LogP contribution in [0, 0.1) is 12.8 Å². The molecule has 1 aliphatic rings. The van der Waals surface area contributed by atoms with Crippen molar-refractivity contribution in [2.24, 2.45) is 5.92 Å². The second-order valence-corrected chi connectivity index (χ2v) is 8.44. The van der Waals surface area contributed by atoms with Gasteiger partial charge in [0.05, 0.1) is 7.11 Å². The Hall–Kier alpha value is -2.19. The van der Waals surface area contributed by atoms with E-state index in [1.54, 1.807) is 12.1 Å². The molecular weight excluding hydrogens is 356 g/mol. The zero-order valence-electron chi connectivity index (χ0n) is 15.1. The van der Waals surface area contributed by atoms with Gasteiger partial charge < -0.3 is 9.15 Å². The minimum Gasteiger partial charge on any atom is -0.464 e. The fourth-order valence-electron chi connectivity index (χ4n) is 2.87. The molecule has 8 heteroatoms. The van der Waals surface area contributed by atoms with E-state index in [1.165, 1.54) is 11.4 Å². The van der Waals surface area contributed by atoms with Crippen LogP contribution in [0.1, 0.15) is 35.8 Å². The molecule has 2 aromatic rings. The van der Waals surface area contributed by atoms with Crippen molar-refractivity contribution < 1.29 is 22.4 Å². The van der Waals surface area contributed by atoms with Crippen LogP contribution in [0.5, 0.6) is 0 Å². The Balaban J connectivity index is 2.04. The maximum absolute atomic E-state index is 13.0. The van der Waals surface area contributed by atoms with Crippen LogP contribution >= 0.6 is 0 Å². The summed E-state index contributed by atoms with van der Waals surface area (Å²) >= 11 is 0. The molecule has 1 fully saturated rings. The molecule has 1 aromatic heterocycles. The Kier molecular flexibility index (Phi) is 5.15. The van der Waals surface area contributed by atoms with Crippen molar-refractivity contribution in [1.29, 1.82) is 0 Å². The van der Waals surface area contributed by atoms with E-state index >= 15 is 0 Å². The van der Waals surface area contributed by atoms with Gasteiger partial charge in [-0.3, -0.25) is 0 Å². The molecule has 2 heterocycles. The lowest BCUT2D eigenvalue weighted by Gasteiger charge is -2.28. The van der Waals surface area contributed by atoms with Gasteiger partial charge in [0, 0.05) is 18.7 Å². The molecule has 0 radical (unpaired) electrons. The van der Waals surface area contributed by atoms with Gasteiger partial charge in [-0.1, -0.05) is 24.6 Å². The van der Waals surface area contributed by atoms with Crippen LogP contribution in [0.2, 0.25) is 0 Å². The number of esters is 1. The SMILES string of the molecule is COC(=O)c1nc(-c2ccc(C)cc2)oc1S(=O)(=O)N1CCC(C)CC1. The molecule has 0 bridgehead atoms. The van der Waals surface area contributed by atoms with Gasteiger partial charge in [0.25, 0.3) is 15.1 Å². The smallest absolute Gasteiger partial charge is 0.361 e. The number of hydrogen-bond acceptors (Lipinski definition) is 6. The number of aromatic nitrogens is 1. The van der Waals surface area contributed by atoms with Crippen LogP contribution in [-0.2, 0) is 14.8 Å². The molecule has 1 aromatic carbocycles. The third-order valence-corrected chi connectivity index (χ3v) is 6.38. The highest BCUT2D eigenvalue weighted by Crippen LogP contribution is 2.30. The van der Waals surface area contributed by atoms with Gasteiger partial charge in [-0.15, -0.1) is 0 Å². The quantitative estimate of drug-likeness (QED) is 0.760. The van der Waals surface area contributed by atoms with E-state index in [4.69, 9.17) is 9.15 Å². The van der Waals surface area contributed by atoms with E-state index in [0.29, 0.717) is 24.6 Å². The van der Waals surface area contributed by atoms with Gasteiger partial charge in [-0.2, -0.15) is 4.31 Å². The second kappa shape index (κ2) is 7.20. The normalized spacial score (nSPS) is 16.6. The Morgan fingerprint density at radius 3 is 2.42 bits per heavy atom. The average molecular weight is 378 g/mol. The standard InChI is InChI=1S/C18H22N2O5S/c1-12-4-6-14(7-5-12)16-19-15(17(21)24-3)18(25-16)26(22,23)20-10-8-13(2)9-11-20/h4-7,13H,8-11H2,1-3H3. The van der Waals surface area contributed by atoms with Crippen LogP contribution < -0.4 is 0 Å². The van der Waals surface area contributed by atoms with Crippen LogP contribution in [0.4, 0.5) is 0 Å². The summed E-state index contributed by atoms with van der Waals surface area (Å²) in [5.74, 6) is -0.287. The molecule has 0 amide bonds. The summed E-state index contributed by atoms with van der Waals surface area (Å²) in [6.07, 6.45) is 1.54. The first-order chi connectivity index (χ1) is 12.3. The van der Waals surface area contributed by atoms with Crippen molar-refractivity contribution in [1.82, 2.24) is 9.29 Å². The van der Waals surface area contributed by atoms with E-state index in [9.17, 15) is 13.2 Å². The number of hydrogen-bond donors (Lipinski definition) is 0. The Labute approximate surface area is 153 Å². The Morgan fingerprint density at radius 1 is 1.23 bits per heavy atom. The number of carbonyl (C=O) groups excluding carboxylic acids is 1. The van der Waals surface area contributed by atoms with Gasteiger partial charge in [0.15, 0.2) is 0 Å². The van der Waals surface area contributed by atoms with Crippen molar-refractivity contribution in [3.05, 3.63) is 35.5 Å². The highest BCUT2D eigenvalue weighted by Gasteiger charge is 2.37. The summed E-state index contributed by atoms with van der Waals surface area (Å²) in [6, 6.07) is 7.25. The van der Waals surface area contributed by atoms with Crippen LogP contribution in [-0.4, -0.2) is 43.9 Å². The molecular formula is C18H22N2O5S. The number of benzene rings is 1. The molecule has 0 spiro atoms. The number of aryl methyl sites for hydroxylation is 1. The number of nitrogens with zero attached hydrogens (tertiary/aromatic N) is 2. The first-order valence-electron chi connectivity index (χ1n) is 8.49. The molecule has 26 heavy (non-hydrogen) atoms. The third-order valence-electron chi connectivity index (χ3n) is 4.59.